The van der Waals surface area contributed by atoms with E-state index in [-0.39, 0.29) is 11.8 Å². The van der Waals surface area contributed by atoms with E-state index in [0.29, 0.717) is 25.1 Å². The number of piperidine rings is 3. The van der Waals surface area contributed by atoms with Crippen molar-refractivity contribution in [1.82, 2.24) is 24.8 Å². The van der Waals surface area contributed by atoms with E-state index in [4.69, 9.17) is 4.74 Å². The average molecular weight is 396 g/mol. The quantitative estimate of drug-likeness (QED) is 0.642. The first kappa shape index (κ1) is 19.6. The van der Waals surface area contributed by atoms with Gasteiger partial charge in [0.15, 0.2) is 0 Å². The predicted octanol–water partition coefficient (Wildman–Crippen LogP) is 2.21. The number of benzene rings is 1. The van der Waals surface area contributed by atoms with E-state index in [0.717, 1.165) is 43.9 Å². The first-order valence-corrected chi connectivity index (χ1v) is 10.3. The topological polar surface area (TPSA) is 63.5 Å². The zero-order chi connectivity index (χ0) is 20.2. The number of ether oxygens (including phenoxy) is 1. The Hall–Kier alpha value is -2.67. The van der Waals surface area contributed by atoms with Crippen molar-refractivity contribution in [3.63, 3.8) is 0 Å². The van der Waals surface area contributed by atoms with Crippen molar-refractivity contribution in [3.05, 3.63) is 54.9 Å². The van der Waals surface area contributed by atoms with Crippen LogP contribution in [0, 0.1) is 11.8 Å². The molecule has 4 heterocycles. The van der Waals surface area contributed by atoms with Crippen molar-refractivity contribution in [1.29, 1.82) is 0 Å². The monoisotopic (exact) mass is 395 g/mol. The second-order valence-corrected chi connectivity index (χ2v) is 8.08. The number of para-hydroxylation sites is 1. The largest absolute Gasteiger partial charge is 0.487 e. The minimum atomic E-state index is 0.107. The van der Waals surface area contributed by atoms with Gasteiger partial charge in [0.2, 0.25) is 5.91 Å². The number of hydrogen-bond acceptors (Lipinski definition) is 5. The molecule has 0 radical (unpaired) electrons. The zero-order valence-corrected chi connectivity index (χ0v) is 17.0. The third-order valence-corrected chi connectivity index (χ3v) is 6.09. The molecule has 0 N–H and O–H groups in total. The first-order chi connectivity index (χ1) is 14.1. The fourth-order valence-electron chi connectivity index (χ4n) is 4.56. The summed E-state index contributed by atoms with van der Waals surface area (Å²) in [6.07, 6.45) is 5.88. The Morgan fingerprint density at radius 3 is 2.93 bits per heavy atom. The zero-order valence-electron chi connectivity index (χ0n) is 17.0. The van der Waals surface area contributed by atoms with Crippen molar-refractivity contribution >= 4 is 5.91 Å². The molecule has 2 aromatic rings. The summed E-state index contributed by atoms with van der Waals surface area (Å²) in [4.78, 5) is 17.0. The molecule has 154 valence electrons. The van der Waals surface area contributed by atoms with Gasteiger partial charge in [0.25, 0.3) is 0 Å². The van der Waals surface area contributed by atoms with Gasteiger partial charge in [-0.05, 0) is 37.4 Å². The van der Waals surface area contributed by atoms with Crippen LogP contribution in [0.3, 0.4) is 0 Å². The van der Waals surface area contributed by atoms with E-state index in [1.54, 1.807) is 11.0 Å². The second-order valence-electron chi connectivity index (χ2n) is 8.08. The third kappa shape index (κ3) is 4.50. The number of carbonyl (C=O) groups excluding carboxylic acids is 1. The van der Waals surface area contributed by atoms with Gasteiger partial charge in [-0.15, -0.1) is 11.7 Å². The normalized spacial score (nSPS) is 25.6. The lowest BCUT2D eigenvalue weighted by molar-refractivity contribution is -0.142. The highest BCUT2D eigenvalue weighted by atomic mass is 16.5. The summed E-state index contributed by atoms with van der Waals surface area (Å²) in [5.74, 6) is 1.64. The summed E-state index contributed by atoms with van der Waals surface area (Å²) < 4.78 is 7.66. The summed E-state index contributed by atoms with van der Waals surface area (Å²) in [5, 5.41) is 8.53. The molecule has 2 bridgehead atoms. The van der Waals surface area contributed by atoms with Gasteiger partial charge < -0.3 is 9.64 Å². The molecule has 0 spiro atoms. The predicted molar refractivity (Wildman–Crippen MR) is 110 cm³/mol. The highest BCUT2D eigenvalue weighted by molar-refractivity contribution is 5.79. The van der Waals surface area contributed by atoms with Gasteiger partial charge in [0.05, 0.1) is 18.7 Å². The molecular formula is C22H29N5O2. The van der Waals surface area contributed by atoms with Crippen molar-refractivity contribution in [2.24, 2.45) is 11.8 Å². The van der Waals surface area contributed by atoms with Crippen LogP contribution < -0.4 is 4.74 Å². The summed E-state index contributed by atoms with van der Waals surface area (Å²) in [7, 11) is 1.87. The lowest BCUT2D eigenvalue weighted by atomic mass is 9.75. The van der Waals surface area contributed by atoms with Crippen LogP contribution in [-0.2, 0) is 17.9 Å². The third-order valence-electron chi connectivity index (χ3n) is 6.09. The minimum absolute atomic E-state index is 0.107. The number of nitrogens with zero attached hydrogens (tertiary/aromatic N) is 5. The van der Waals surface area contributed by atoms with E-state index in [1.165, 1.54) is 0 Å². The minimum Gasteiger partial charge on any atom is -0.487 e. The molecule has 7 heteroatoms. The maximum absolute atomic E-state index is 12.7. The molecule has 3 aliphatic heterocycles. The molecule has 3 aliphatic rings. The van der Waals surface area contributed by atoms with Crippen LogP contribution in [-0.4, -0.2) is 63.4 Å². The van der Waals surface area contributed by atoms with E-state index in [1.807, 2.05) is 48.3 Å². The van der Waals surface area contributed by atoms with E-state index >= 15 is 0 Å². The molecule has 1 aromatic carbocycles. The molecule has 1 amide bonds. The number of likely N-dealkylation sites (N-methyl/N-ethyl adjacent to an activating group) is 1. The van der Waals surface area contributed by atoms with Crippen molar-refractivity contribution in [2.75, 3.05) is 26.7 Å². The Bertz CT molecular complexity index is 837. The average Bonchev–Trinajstić information content (AvgIpc) is 3.20. The molecule has 1 aromatic heterocycles. The van der Waals surface area contributed by atoms with Crippen molar-refractivity contribution < 1.29 is 9.53 Å². The highest BCUT2D eigenvalue weighted by Crippen LogP contribution is 2.37. The smallest absolute Gasteiger partial charge is 0.227 e. The van der Waals surface area contributed by atoms with Crippen molar-refractivity contribution in [2.45, 2.75) is 32.0 Å². The summed E-state index contributed by atoms with van der Waals surface area (Å²) in [6, 6.07) is 10.1. The van der Waals surface area contributed by atoms with Gasteiger partial charge in [-0.25, -0.2) is 0 Å². The molecule has 5 rings (SSSR count). The molecule has 29 heavy (non-hydrogen) atoms. The number of carbonyl (C=O) groups is 1. The Balaban J connectivity index is 1.32. The SMILES string of the molecule is C=CCN(C)C(=O)[C@H]1CN2CC[C@H]1C[C@@H]2Cn1cc(COc2ccccc2)nn1. The maximum atomic E-state index is 12.7. The van der Waals surface area contributed by atoms with Gasteiger partial charge in [0, 0.05) is 26.2 Å². The molecule has 0 aliphatic carbocycles. The van der Waals surface area contributed by atoms with E-state index < -0.39 is 0 Å². The summed E-state index contributed by atoms with van der Waals surface area (Å²) >= 11 is 0. The fraction of sp³-hybridized carbons (Fsp3) is 0.500. The number of rotatable bonds is 8. The number of amides is 1. The summed E-state index contributed by atoms with van der Waals surface area (Å²) in [6.45, 7) is 7.46. The van der Waals surface area contributed by atoms with Crippen LogP contribution in [0.25, 0.3) is 0 Å². The molecule has 0 saturated carbocycles. The van der Waals surface area contributed by atoms with Crippen molar-refractivity contribution in [3.8, 4) is 5.75 Å². The molecular weight excluding hydrogens is 366 g/mol. The van der Waals surface area contributed by atoms with Gasteiger partial charge in [0.1, 0.15) is 18.1 Å². The number of hydrogen-bond donors (Lipinski definition) is 0. The maximum Gasteiger partial charge on any atom is 0.227 e. The van der Waals surface area contributed by atoms with Crippen LogP contribution in [0.4, 0.5) is 0 Å². The van der Waals surface area contributed by atoms with Crippen LogP contribution in [0.1, 0.15) is 18.5 Å². The summed E-state index contributed by atoms with van der Waals surface area (Å²) in [5.41, 5.74) is 0.823. The Morgan fingerprint density at radius 2 is 2.21 bits per heavy atom. The molecule has 7 nitrogen and oxygen atoms in total. The van der Waals surface area contributed by atoms with Gasteiger partial charge >= 0.3 is 0 Å². The van der Waals surface area contributed by atoms with E-state index in [2.05, 4.69) is 21.8 Å². The lowest BCUT2D eigenvalue weighted by Gasteiger charge is -2.49. The Morgan fingerprint density at radius 1 is 1.38 bits per heavy atom. The molecule has 3 fully saturated rings. The number of aromatic nitrogens is 3. The van der Waals surface area contributed by atoms with Gasteiger partial charge in [-0.2, -0.15) is 0 Å². The highest BCUT2D eigenvalue weighted by Gasteiger charge is 2.43. The fourth-order valence-corrected chi connectivity index (χ4v) is 4.56. The molecule has 3 saturated heterocycles. The Kier molecular flexibility index (Phi) is 5.94. The first-order valence-electron chi connectivity index (χ1n) is 10.3. The number of fused-ring (bicyclic) bond motifs is 3. The standard InChI is InChI=1S/C22H29N5O2/c1-3-10-25(2)22(28)21-15-26-11-9-17(21)12-19(26)14-27-13-18(23-24-27)16-29-20-7-5-4-6-8-20/h3-8,13,17,19,21H,1,9-12,14-16H2,2H3/t17-,19+,21-/m0/s1. The molecule has 1 unspecified atom stereocenters. The molecule has 4 atom stereocenters. The second kappa shape index (κ2) is 8.78. The van der Waals surface area contributed by atoms with Crippen LogP contribution in [0.2, 0.25) is 0 Å². The van der Waals surface area contributed by atoms with Crippen LogP contribution >= 0.6 is 0 Å². The van der Waals surface area contributed by atoms with Gasteiger partial charge in [-0.1, -0.05) is 29.5 Å². The Labute approximate surface area is 171 Å². The van der Waals surface area contributed by atoms with Gasteiger partial charge in [-0.3, -0.25) is 14.4 Å². The van der Waals surface area contributed by atoms with Crippen LogP contribution in [0.5, 0.6) is 5.75 Å². The van der Waals surface area contributed by atoms with E-state index in [9.17, 15) is 4.79 Å². The lowest BCUT2D eigenvalue weighted by Crippen LogP contribution is -2.58. The van der Waals surface area contributed by atoms with Crippen LogP contribution in [0.15, 0.2) is 49.2 Å².